The van der Waals surface area contributed by atoms with Crippen LogP contribution in [0.5, 0.6) is 5.75 Å². The summed E-state index contributed by atoms with van der Waals surface area (Å²) in [6.45, 7) is 1.54. The van der Waals surface area contributed by atoms with Gasteiger partial charge in [-0.3, -0.25) is 14.1 Å². The van der Waals surface area contributed by atoms with Crippen LogP contribution in [0, 0.1) is 30.6 Å². The van der Waals surface area contributed by atoms with Crippen molar-refractivity contribution in [3.8, 4) is 5.75 Å². The molecule has 10 heteroatoms. The third kappa shape index (κ3) is 6.85. The molecular weight excluding hydrogens is 442 g/mol. The second-order valence-corrected chi connectivity index (χ2v) is 10.8. The molecule has 1 aromatic rings. The molecule has 4 unspecified atom stereocenters. The van der Waals surface area contributed by atoms with Gasteiger partial charge >= 0.3 is 11.9 Å². The normalized spacial score (nSPS) is 25.2. The summed E-state index contributed by atoms with van der Waals surface area (Å²) in [5, 5.41) is 0. The van der Waals surface area contributed by atoms with Crippen molar-refractivity contribution in [1.82, 2.24) is 0 Å². The van der Waals surface area contributed by atoms with E-state index in [0.717, 1.165) is 36.0 Å². The highest BCUT2D eigenvalue weighted by molar-refractivity contribution is 7.85. The summed E-state index contributed by atoms with van der Waals surface area (Å²) in [6.07, 6.45) is 5.03. The number of hydrogen-bond acceptors (Lipinski definition) is 6. The molecule has 3 rings (SSSR count). The van der Waals surface area contributed by atoms with E-state index in [9.17, 15) is 18.0 Å². The van der Waals surface area contributed by atoms with E-state index in [1.54, 1.807) is 0 Å². The lowest BCUT2D eigenvalue weighted by atomic mass is 9.65. The first-order valence-corrected chi connectivity index (χ1v) is 13.1. The van der Waals surface area contributed by atoms with Crippen molar-refractivity contribution in [2.75, 3.05) is 12.4 Å². The van der Waals surface area contributed by atoms with E-state index in [2.05, 4.69) is 0 Å². The average Bonchev–Trinajstić information content (AvgIpc) is 2.78. The molecule has 33 heavy (non-hydrogen) atoms. The number of rotatable bonds is 8. The molecule has 0 heterocycles. The van der Waals surface area contributed by atoms with Gasteiger partial charge in [-0.15, -0.1) is 0 Å². The Labute approximate surface area is 198 Å². The van der Waals surface area contributed by atoms with Crippen LogP contribution in [-0.4, -0.2) is 53.0 Å². The summed E-state index contributed by atoms with van der Waals surface area (Å²) in [6, 6.07) is 3.79. The van der Waals surface area contributed by atoms with Crippen molar-refractivity contribution in [2.24, 2.45) is 23.7 Å². The Morgan fingerprint density at radius 3 is 2.15 bits per heavy atom. The largest absolute Gasteiger partial charge is 0.464 e. The molecular formula is C23H30B2O7S. The van der Waals surface area contributed by atoms with E-state index >= 15 is 0 Å². The molecule has 4 atom stereocenters. The van der Waals surface area contributed by atoms with Crippen LogP contribution in [0.1, 0.15) is 55.2 Å². The van der Waals surface area contributed by atoms with Crippen LogP contribution in [0.3, 0.4) is 0 Å². The van der Waals surface area contributed by atoms with Gasteiger partial charge in [0.15, 0.2) is 0 Å². The van der Waals surface area contributed by atoms with E-state index in [1.807, 2.05) is 19.1 Å². The van der Waals surface area contributed by atoms with Gasteiger partial charge < -0.3 is 9.47 Å². The number of carbonyl (C=O) groups is 2. The Morgan fingerprint density at radius 2 is 1.61 bits per heavy atom. The second-order valence-electron chi connectivity index (χ2n) is 9.22. The van der Waals surface area contributed by atoms with E-state index in [0.29, 0.717) is 43.2 Å². The molecule has 2 saturated carbocycles. The average molecular weight is 472 g/mol. The van der Waals surface area contributed by atoms with Crippen LogP contribution >= 0.6 is 0 Å². The molecule has 176 valence electrons. The minimum absolute atomic E-state index is 0.191. The van der Waals surface area contributed by atoms with Crippen molar-refractivity contribution in [3.05, 3.63) is 28.8 Å². The van der Waals surface area contributed by atoms with Gasteiger partial charge in [0.1, 0.15) is 18.1 Å². The monoisotopic (exact) mass is 472 g/mol. The maximum Gasteiger partial charge on any atom is 0.314 e. The van der Waals surface area contributed by atoms with E-state index < -0.39 is 21.8 Å². The summed E-state index contributed by atoms with van der Waals surface area (Å²) in [5.41, 5.74) is 2.56. The van der Waals surface area contributed by atoms with E-state index in [-0.39, 0.29) is 30.7 Å². The number of hydrogen-bond donors (Lipinski definition) is 1. The van der Waals surface area contributed by atoms with Crippen LogP contribution in [0.4, 0.5) is 0 Å². The first kappa shape index (κ1) is 25.8. The minimum Gasteiger partial charge on any atom is -0.464 e. The summed E-state index contributed by atoms with van der Waals surface area (Å²) < 4.78 is 41.2. The van der Waals surface area contributed by atoms with Crippen LogP contribution < -0.4 is 4.74 Å². The minimum atomic E-state index is -4.15. The van der Waals surface area contributed by atoms with Crippen LogP contribution in [0.15, 0.2) is 12.1 Å². The zero-order chi connectivity index (χ0) is 24.2. The van der Waals surface area contributed by atoms with E-state index in [1.165, 1.54) is 0 Å². The van der Waals surface area contributed by atoms with Crippen LogP contribution in [-0.2, 0) is 37.1 Å². The molecule has 1 aromatic carbocycles. The van der Waals surface area contributed by atoms with Crippen LogP contribution in [0.2, 0.25) is 0 Å². The topological polar surface area (TPSA) is 107 Å². The second kappa shape index (κ2) is 11.1. The molecule has 0 spiro atoms. The SMILES string of the molecule is [B]Cc1cc(C)c(OC(=O)C2CCC3CC(C(=O)OCCS(=O)(=O)O)CCC3C2)c(C[B])c1. The lowest BCUT2D eigenvalue weighted by Gasteiger charge is -2.40. The highest BCUT2D eigenvalue weighted by Gasteiger charge is 2.40. The van der Waals surface area contributed by atoms with Crippen molar-refractivity contribution >= 4 is 37.7 Å². The molecule has 0 amide bonds. The molecule has 2 aliphatic carbocycles. The van der Waals surface area contributed by atoms with Crippen molar-refractivity contribution < 1.29 is 32.0 Å². The molecule has 0 aromatic heterocycles. The highest BCUT2D eigenvalue weighted by atomic mass is 32.2. The van der Waals surface area contributed by atoms with Gasteiger partial charge in [-0.1, -0.05) is 30.3 Å². The fraction of sp³-hybridized carbons (Fsp3) is 0.652. The number of aryl methyl sites for hydroxylation is 1. The fourth-order valence-corrected chi connectivity index (χ4v) is 5.50. The summed E-state index contributed by atoms with van der Waals surface area (Å²) in [4.78, 5) is 25.2. The third-order valence-corrected chi connectivity index (χ3v) is 7.62. The third-order valence-electron chi connectivity index (χ3n) is 6.93. The first-order valence-electron chi connectivity index (χ1n) is 11.5. The Bertz CT molecular complexity index is 979. The van der Waals surface area contributed by atoms with Gasteiger partial charge in [-0.05, 0) is 68.4 Å². The Kier molecular flexibility index (Phi) is 8.67. The lowest BCUT2D eigenvalue weighted by molar-refractivity contribution is -0.151. The lowest BCUT2D eigenvalue weighted by Crippen LogP contribution is -2.37. The van der Waals surface area contributed by atoms with Crippen LogP contribution in [0.25, 0.3) is 0 Å². The van der Waals surface area contributed by atoms with Crippen molar-refractivity contribution in [3.63, 3.8) is 0 Å². The predicted octanol–water partition coefficient (Wildman–Crippen LogP) is 2.50. The number of ether oxygens (including phenoxy) is 2. The molecule has 0 saturated heterocycles. The van der Waals surface area contributed by atoms with Crippen molar-refractivity contribution in [1.29, 1.82) is 0 Å². The molecule has 0 bridgehead atoms. The maximum atomic E-state index is 13.0. The fourth-order valence-electron chi connectivity index (χ4n) is 5.21. The Hall–Kier alpha value is -1.80. The quantitative estimate of drug-likeness (QED) is 0.268. The zero-order valence-electron chi connectivity index (χ0n) is 19.0. The van der Waals surface area contributed by atoms with Gasteiger partial charge in [-0.25, -0.2) is 0 Å². The summed E-state index contributed by atoms with van der Waals surface area (Å²) >= 11 is 0. The zero-order valence-corrected chi connectivity index (χ0v) is 19.8. The highest BCUT2D eigenvalue weighted by Crippen LogP contribution is 2.45. The number of benzene rings is 1. The van der Waals surface area contributed by atoms with Gasteiger partial charge in [0.05, 0.1) is 27.5 Å². The Balaban J connectivity index is 1.54. The summed E-state index contributed by atoms with van der Waals surface area (Å²) in [5.74, 6) is -0.515. The Morgan fingerprint density at radius 1 is 1.00 bits per heavy atom. The summed E-state index contributed by atoms with van der Waals surface area (Å²) in [7, 11) is 7.44. The number of carbonyl (C=O) groups excluding carboxylic acids is 2. The standard InChI is InChI=1S/C23H30B2O7S/c1-14-8-15(12-24)9-20(13-25)21(14)32-23(27)19-5-3-16-10-18(4-2-17(16)11-19)22(26)31-6-7-33(28,29)30/h8-9,16-19H,2-7,10-13H2,1H3,(H,28,29,30). The predicted molar refractivity (Wildman–Crippen MR) is 125 cm³/mol. The van der Waals surface area contributed by atoms with E-state index in [4.69, 9.17) is 29.7 Å². The van der Waals surface area contributed by atoms with Gasteiger partial charge in [0.25, 0.3) is 10.1 Å². The molecule has 2 aliphatic rings. The number of esters is 2. The number of fused-ring (bicyclic) bond motifs is 1. The molecule has 0 aliphatic heterocycles. The molecule has 2 fully saturated rings. The molecule has 7 nitrogen and oxygen atoms in total. The molecule has 1 N–H and O–H groups in total. The molecule has 4 radical (unpaired) electrons. The van der Waals surface area contributed by atoms with Gasteiger partial charge in [0.2, 0.25) is 0 Å². The van der Waals surface area contributed by atoms with Gasteiger partial charge in [-0.2, -0.15) is 8.42 Å². The maximum absolute atomic E-state index is 13.0. The smallest absolute Gasteiger partial charge is 0.314 e. The van der Waals surface area contributed by atoms with Crippen molar-refractivity contribution in [2.45, 2.75) is 58.1 Å². The first-order chi connectivity index (χ1) is 15.6. The van der Waals surface area contributed by atoms with Gasteiger partial charge in [0, 0.05) is 0 Å².